The first kappa shape index (κ1) is 15.6. The molecule has 2 fully saturated rings. The van der Waals surface area contributed by atoms with Crippen molar-refractivity contribution in [2.24, 2.45) is 17.1 Å². The zero-order valence-electron chi connectivity index (χ0n) is 11.5. The number of rotatable bonds is 6. The highest BCUT2D eigenvalue weighted by molar-refractivity contribution is 7.89. The topological polar surface area (TPSA) is 72.2 Å². The van der Waals surface area contributed by atoms with Gasteiger partial charge in [-0.15, -0.1) is 0 Å². The molecule has 2 aliphatic carbocycles. The van der Waals surface area contributed by atoms with Crippen LogP contribution in [0.3, 0.4) is 0 Å². The quantitative estimate of drug-likeness (QED) is 0.829. The van der Waals surface area contributed by atoms with E-state index in [0.717, 1.165) is 12.8 Å². The van der Waals surface area contributed by atoms with E-state index < -0.39 is 10.0 Å². The van der Waals surface area contributed by atoms with Gasteiger partial charge in [0.05, 0.1) is 5.02 Å². The highest BCUT2D eigenvalue weighted by Crippen LogP contribution is 2.60. The fourth-order valence-electron chi connectivity index (χ4n) is 2.86. The van der Waals surface area contributed by atoms with Crippen molar-refractivity contribution in [3.63, 3.8) is 0 Å². The van der Waals surface area contributed by atoms with Crippen molar-refractivity contribution in [1.82, 2.24) is 4.72 Å². The largest absolute Gasteiger partial charge is 0.326 e. The average Bonchev–Trinajstić information content (AvgIpc) is 3.30. The molecule has 3 N–H and O–H groups in total. The molecule has 0 heterocycles. The van der Waals surface area contributed by atoms with E-state index in [0.29, 0.717) is 23.0 Å². The Kier molecular flexibility index (Phi) is 3.99. The van der Waals surface area contributed by atoms with Gasteiger partial charge in [-0.2, -0.15) is 0 Å². The van der Waals surface area contributed by atoms with Crippen LogP contribution in [0.1, 0.15) is 31.2 Å². The molecular formula is C14H18Cl2N2O2S. The van der Waals surface area contributed by atoms with E-state index in [1.807, 2.05) is 0 Å². The number of nitrogens with two attached hydrogens (primary N) is 1. The molecular weight excluding hydrogens is 331 g/mol. The molecule has 21 heavy (non-hydrogen) atoms. The minimum absolute atomic E-state index is 0.0173. The van der Waals surface area contributed by atoms with Crippen LogP contribution in [-0.2, 0) is 16.6 Å². The molecule has 116 valence electrons. The molecule has 0 bridgehead atoms. The molecule has 1 aromatic rings. The number of nitrogens with one attached hydrogen (secondary N) is 1. The third-order valence-electron chi connectivity index (χ3n) is 4.54. The fourth-order valence-corrected chi connectivity index (χ4v) is 4.94. The monoisotopic (exact) mass is 348 g/mol. The Morgan fingerprint density at radius 1 is 1.29 bits per heavy atom. The number of hydrogen-bond donors (Lipinski definition) is 2. The second-order valence-corrected chi connectivity index (χ2v) is 8.59. The second kappa shape index (κ2) is 5.39. The van der Waals surface area contributed by atoms with Crippen LogP contribution in [0.2, 0.25) is 10.0 Å². The van der Waals surface area contributed by atoms with Crippen LogP contribution in [-0.4, -0.2) is 15.0 Å². The van der Waals surface area contributed by atoms with Crippen LogP contribution >= 0.6 is 23.2 Å². The molecule has 4 nitrogen and oxygen atoms in total. The number of halogens is 2. The summed E-state index contributed by atoms with van der Waals surface area (Å²) in [6, 6.07) is 2.97. The Labute approximate surface area is 135 Å². The molecule has 0 spiro atoms. The van der Waals surface area contributed by atoms with Crippen molar-refractivity contribution < 1.29 is 8.42 Å². The standard InChI is InChI=1S/C14H18Cl2N2O2S/c15-11-5-9(7-17)13(16)12(6-11)21(19,20)18-8-14(3-4-14)10-1-2-10/h5-6,10,18H,1-4,7-8,17H2. The van der Waals surface area contributed by atoms with Gasteiger partial charge < -0.3 is 5.73 Å². The van der Waals surface area contributed by atoms with Gasteiger partial charge in [0.2, 0.25) is 10.0 Å². The van der Waals surface area contributed by atoms with Crippen molar-refractivity contribution in [3.8, 4) is 0 Å². The van der Waals surface area contributed by atoms with Gasteiger partial charge in [-0.1, -0.05) is 23.2 Å². The third kappa shape index (κ3) is 3.08. The lowest BCUT2D eigenvalue weighted by atomic mass is 10.0. The molecule has 0 radical (unpaired) electrons. The van der Waals surface area contributed by atoms with E-state index in [4.69, 9.17) is 28.9 Å². The van der Waals surface area contributed by atoms with Gasteiger partial charge in [0, 0.05) is 18.1 Å². The first-order valence-corrected chi connectivity index (χ1v) is 9.29. The van der Waals surface area contributed by atoms with Crippen molar-refractivity contribution in [2.45, 2.75) is 37.1 Å². The van der Waals surface area contributed by atoms with Crippen LogP contribution in [0.15, 0.2) is 17.0 Å². The Morgan fingerprint density at radius 3 is 2.48 bits per heavy atom. The fraction of sp³-hybridized carbons (Fsp3) is 0.571. The van der Waals surface area contributed by atoms with Crippen LogP contribution in [0, 0.1) is 11.3 Å². The summed E-state index contributed by atoms with van der Waals surface area (Å²) in [5, 5.41) is 0.481. The highest BCUT2D eigenvalue weighted by Gasteiger charge is 2.53. The van der Waals surface area contributed by atoms with Gasteiger partial charge >= 0.3 is 0 Å². The average molecular weight is 349 g/mol. The van der Waals surface area contributed by atoms with Crippen molar-refractivity contribution in [1.29, 1.82) is 0 Å². The molecule has 3 rings (SSSR count). The van der Waals surface area contributed by atoms with E-state index in [1.54, 1.807) is 6.07 Å². The maximum Gasteiger partial charge on any atom is 0.242 e. The van der Waals surface area contributed by atoms with Gasteiger partial charge in [0.15, 0.2) is 0 Å². The minimum atomic E-state index is -3.67. The molecule has 2 aliphatic rings. The van der Waals surface area contributed by atoms with E-state index in [2.05, 4.69) is 4.72 Å². The molecule has 0 atom stereocenters. The number of hydrogen-bond acceptors (Lipinski definition) is 3. The molecule has 2 saturated carbocycles. The van der Waals surface area contributed by atoms with Crippen molar-refractivity contribution >= 4 is 33.2 Å². The van der Waals surface area contributed by atoms with Gasteiger partial charge in [-0.05, 0) is 54.7 Å². The smallest absolute Gasteiger partial charge is 0.242 e. The molecule has 0 aromatic heterocycles. The third-order valence-corrected chi connectivity index (χ3v) is 6.74. The van der Waals surface area contributed by atoms with Crippen molar-refractivity contribution in [2.75, 3.05) is 6.54 Å². The SMILES string of the molecule is NCc1cc(Cl)cc(S(=O)(=O)NCC2(C3CC3)CC2)c1Cl. The van der Waals surface area contributed by atoms with E-state index in [-0.39, 0.29) is 21.9 Å². The first-order chi connectivity index (χ1) is 9.88. The first-order valence-electron chi connectivity index (χ1n) is 7.06. The van der Waals surface area contributed by atoms with Crippen LogP contribution in [0.25, 0.3) is 0 Å². The molecule has 0 aliphatic heterocycles. The van der Waals surface area contributed by atoms with E-state index in [9.17, 15) is 8.42 Å². The zero-order chi connectivity index (χ0) is 15.3. The maximum absolute atomic E-state index is 12.5. The summed E-state index contributed by atoms with van der Waals surface area (Å²) in [5.41, 5.74) is 6.30. The Morgan fingerprint density at radius 2 is 1.95 bits per heavy atom. The van der Waals surface area contributed by atoms with Crippen LogP contribution in [0.5, 0.6) is 0 Å². The molecule has 0 amide bonds. The molecule has 0 saturated heterocycles. The van der Waals surface area contributed by atoms with Gasteiger partial charge in [-0.25, -0.2) is 13.1 Å². The van der Waals surface area contributed by atoms with Crippen LogP contribution in [0.4, 0.5) is 0 Å². The summed E-state index contributed by atoms with van der Waals surface area (Å²) in [6.07, 6.45) is 4.66. The van der Waals surface area contributed by atoms with Crippen molar-refractivity contribution in [3.05, 3.63) is 27.7 Å². The Balaban J connectivity index is 1.83. The lowest BCUT2D eigenvalue weighted by Crippen LogP contribution is -2.31. The molecule has 0 unspecified atom stereocenters. The van der Waals surface area contributed by atoms with Gasteiger partial charge in [0.25, 0.3) is 0 Å². The minimum Gasteiger partial charge on any atom is -0.326 e. The Hall–Kier alpha value is -0.330. The van der Waals surface area contributed by atoms with Crippen LogP contribution < -0.4 is 10.5 Å². The summed E-state index contributed by atoms with van der Waals surface area (Å²) in [6.45, 7) is 0.634. The summed E-state index contributed by atoms with van der Waals surface area (Å²) < 4.78 is 27.7. The summed E-state index contributed by atoms with van der Waals surface area (Å²) in [5.74, 6) is 0.689. The summed E-state index contributed by atoms with van der Waals surface area (Å²) >= 11 is 12.1. The second-order valence-electron chi connectivity index (χ2n) is 6.04. The highest BCUT2D eigenvalue weighted by atomic mass is 35.5. The molecule has 1 aromatic carbocycles. The zero-order valence-corrected chi connectivity index (χ0v) is 13.9. The normalized spacial score (nSPS) is 20.5. The van der Waals surface area contributed by atoms with E-state index in [1.165, 1.54) is 18.9 Å². The number of benzene rings is 1. The maximum atomic E-state index is 12.5. The predicted octanol–water partition coefficient (Wildman–Crippen LogP) is 2.92. The Bertz CT molecular complexity index is 668. The summed E-state index contributed by atoms with van der Waals surface area (Å²) in [4.78, 5) is 0.0173. The summed E-state index contributed by atoms with van der Waals surface area (Å²) in [7, 11) is -3.67. The lowest BCUT2D eigenvalue weighted by molar-refractivity contribution is 0.432. The lowest BCUT2D eigenvalue weighted by Gasteiger charge is -2.16. The van der Waals surface area contributed by atoms with Gasteiger partial charge in [0.1, 0.15) is 4.90 Å². The predicted molar refractivity (Wildman–Crippen MR) is 83.9 cm³/mol. The molecule has 7 heteroatoms. The van der Waals surface area contributed by atoms with Gasteiger partial charge in [-0.3, -0.25) is 0 Å². The number of sulfonamides is 1. The van der Waals surface area contributed by atoms with E-state index >= 15 is 0 Å².